The molecule has 132 valence electrons. The van der Waals surface area contributed by atoms with Gasteiger partial charge in [0.1, 0.15) is 6.04 Å². The van der Waals surface area contributed by atoms with Gasteiger partial charge in [0, 0.05) is 27.5 Å². The van der Waals surface area contributed by atoms with Gasteiger partial charge in [-0.25, -0.2) is 4.79 Å². The summed E-state index contributed by atoms with van der Waals surface area (Å²) < 4.78 is 5.63. The Morgan fingerprint density at radius 3 is 2.69 bits per heavy atom. The Morgan fingerprint density at radius 2 is 1.92 bits per heavy atom. The quantitative estimate of drug-likeness (QED) is 0.651. The van der Waals surface area contributed by atoms with Crippen LogP contribution in [0.15, 0.2) is 65.1 Å². The van der Waals surface area contributed by atoms with E-state index in [-0.39, 0.29) is 12.3 Å². The van der Waals surface area contributed by atoms with Gasteiger partial charge in [0.25, 0.3) is 5.91 Å². The van der Waals surface area contributed by atoms with Crippen LogP contribution in [0.5, 0.6) is 0 Å². The number of hydrogen-bond donors (Lipinski definition) is 1. The van der Waals surface area contributed by atoms with Crippen LogP contribution in [0.3, 0.4) is 0 Å². The second-order valence-corrected chi connectivity index (χ2v) is 6.67. The maximum atomic E-state index is 12.5. The van der Waals surface area contributed by atoms with Crippen molar-refractivity contribution in [3.05, 3.63) is 76.4 Å². The van der Waals surface area contributed by atoms with Gasteiger partial charge in [-0.3, -0.25) is 9.78 Å². The third-order valence-corrected chi connectivity index (χ3v) is 4.44. The molecule has 1 amide bonds. The Kier molecular flexibility index (Phi) is 5.63. The Hall–Kier alpha value is -2.73. The van der Waals surface area contributed by atoms with Crippen LogP contribution >= 0.6 is 15.9 Å². The van der Waals surface area contributed by atoms with Crippen molar-refractivity contribution >= 4 is 38.7 Å². The van der Waals surface area contributed by atoms with E-state index in [1.54, 1.807) is 18.2 Å². The first-order valence-electron chi connectivity index (χ1n) is 8.06. The predicted molar refractivity (Wildman–Crippen MR) is 103 cm³/mol. The molecule has 0 fully saturated rings. The number of carbonyl (C=O) groups excluding carboxylic acids is 2. The molecule has 1 N–H and O–H groups in total. The van der Waals surface area contributed by atoms with Crippen molar-refractivity contribution in [1.29, 1.82) is 0 Å². The molecule has 0 bridgehead atoms. The molecule has 5 nitrogen and oxygen atoms in total. The average molecular weight is 413 g/mol. The van der Waals surface area contributed by atoms with Crippen LogP contribution < -0.4 is 5.32 Å². The van der Waals surface area contributed by atoms with E-state index in [0.717, 1.165) is 15.4 Å². The number of para-hydroxylation sites is 1. The third kappa shape index (κ3) is 4.26. The zero-order chi connectivity index (χ0) is 18.5. The van der Waals surface area contributed by atoms with Crippen molar-refractivity contribution in [1.82, 2.24) is 10.3 Å². The number of nitrogens with zero attached hydrogens (tertiary/aromatic N) is 1. The van der Waals surface area contributed by atoms with Gasteiger partial charge in [-0.05, 0) is 30.3 Å². The third-order valence-electron chi connectivity index (χ3n) is 3.95. The summed E-state index contributed by atoms with van der Waals surface area (Å²) >= 11 is 3.33. The van der Waals surface area contributed by atoms with Crippen LogP contribution in [-0.2, 0) is 16.0 Å². The first-order chi connectivity index (χ1) is 12.6. The molecule has 0 saturated heterocycles. The van der Waals surface area contributed by atoms with E-state index < -0.39 is 12.0 Å². The average Bonchev–Trinajstić information content (AvgIpc) is 2.66. The van der Waals surface area contributed by atoms with E-state index in [4.69, 9.17) is 4.74 Å². The summed E-state index contributed by atoms with van der Waals surface area (Å²) in [4.78, 5) is 29.2. The fraction of sp³-hybridized carbons (Fsp3) is 0.150. The van der Waals surface area contributed by atoms with Crippen molar-refractivity contribution in [3.63, 3.8) is 0 Å². The standard InChI is InChI=1S/C20H17BrN2O3/c1-26-20(25)18(23-19(24)14-6-4-7-15(21)11-14)12-16-10-9-13-5-2-3-8-17(13)22-16/h2-11,18H,12H2,1H3,(H,23,24)/t18-/m0/s1. The number of hydrogen-bond acceptors (Lipinski definition) is 4. The normalized spacial score (nSPS) is 11.8. The summed E-state index contributed by atoms with van der Waals surface area (Å²) in [5.41, 5.74) is 2.00. The van der Waals surface area contributed by atoms with E-state index in [1.807, 2.05) is 42.5 Å². The molecule has 0 aliphatic carbocycles. The molecule has 1 atom stereocenters. The molecule has 2 aromatic carbocycles. The summed E-state index contributed by atoms with van der Waals surface area (Å²) in [5, 5.41) is 3.75. The second kappa shape index (κ2) is 8.10. The number of carbonyl (C=O) groups is 2. The van der Waals surface area contributed by atoms with Crippen molar-refractivity contribution in [2.45, 2.75) is 12.5 Å². The van der Waals surface area contributed by atoms with Gasteiger partial charge < -0.3 is 10.1 Å². The number of ether oxygens (including phenoxy) is 1. The second-order valence-electron chi connectivity index (χ2n) is 5.76. The summed E-state index contributed by atoms with van der Waals surface area (Å²) in [7, 11) is 1.30. The number of methoxy groups -OCH3 is 1. The number of fused-ring (bicyclic) bond motifs is 1. The van der Waals surface area contributed by atoms with Crippen LogP contribution in [0.2, 0.25) is 0 Å². The van der Waals surface area contributed by atoms with Gasteiger partial charge in [-0.15, -0.1) is 0 Å². The highest BCUT2D eigenvalue weighted by atomic mass is 79.9. The lowest BCUT2D eigenvalue weighted by Gasteiger charge is -2.16. The molecule has 0 unspecified atom stereocenters. The number of pyridine rings is 1. The lowest BCUT2D eigenvalue weighted by Crippen LogP contribution is -2.43. The van der Waals surface area contributed by atoms with E-state index in [2.05, 4.69) is 26.2 Å². The monoisotopic (exact) mass is 412 g/mol. The van der Waals surface area contributed by atoms with Crippen LogP contribution in [0.25, 0.3) is 10.9 Å². The minimum Gasteiger partial charge on any atom is -0.467 e. The topological polar surface area (TPSA) is 68.3 Å². The number of rotatable bonds is 5. The molecule has 1 heterocycles. The number of halogens is 1. The highest BCUT2D eigenvalue weighted by Gasteiger charge is 2.23. The van der Waals surface area contributed by atoms with Gasteiger partial charge in [-0.1, -0.05) is 46.3 Å². The van der Waals surface area contributed by atoms with E-state index in [1.165, 1.54) is 7.11 Å². The molecule has 0 radical (unpaired) electrons. The van der Waals surface area contributed by atoms with Crippen molar-refractivity contribution in [3.8, 4) is 0 Å². The summed E-state index contributed by atoms with van der Waals surface area (Å²) in [5.74, 6) is -0.856. The molecule has 1 aromatic heterocycles. The van der Waals surface area contributed by atoms with E-state index in [0.29, 0.717) is 11.3 Å². The van der Waals surface area contributed by atoms with Crippen LogP contribution in [0.4, 0.5) is 0 Å². The minimum atomic E-state index is -0.819. The Bertz CT molecular complexity index is 958. The largest absolute Gasteiger partial charge is 0.467 e. The Morgan fingerprint density at radius 1 is 1.12 bits per heavy atom. The molecule has 0 saturated carbocycles. The minimum absolute atomic E-state index is 0.247. The fourth-order valence-electron chi connectivity index (χ4n) is 2.64. The predicted octanol–water partition coefficient (Wildman–Crippen LogP) is 3.51. The van der Waals surface area contributed by atoms with Gasteiger partial charge in [0.15, 0.2) is 0 Å². The molecule has 0 aliphatic rings. The maximum Gasteiger partial charge on any atom is 0.328 e. The van der Waals surface area contributed by atoms with Crippen LogP contribution in [0.1, 0.15) is 16.1 Å². The van der Waals surface area contributed by atoms with Crippen LogP contribution in [-0.4, -0.2) is 30.0 Å². The van der Waals surface area contributed by atoms with Gasteiger partial charge in [-0.2, -0.15) is 0 Å². The Labute approximate surface area is 159 Å². The molecular weight excluding hydrogens is 396 g/mol. The van der Waals surface area contributed by atoms with Crippen molar-refractivity contribution < 1.29 is 14.3 Å². The number of nitrogens with one attached hydrogen (secondary N) is 1. The molecule has 3 aromatic rings. The van der Waals surface area contributed by atoms with Crippen molar-refractivity contribution in [2.24, 2.45) is 0 Å². The number of aromatic nitrogens is 1. The molecular formula is C20H17BrN2O3. The highest BCUT2D eigenvalue weighted by molar-refractivity contribution is 9.10. The SMILES string of the molecule is COC(=O)[C@H](Cc1ccc2ccccc2n1)NC(=O)c1cccc(Br)c1. The summed E-state index contributed by atoms with van der Waals surface area (Å²) in [6.45, 7) is 0. The lowest BCUT2D eigenvalue weighted by molar-refractivity contribution is -0.142. The molecule has 6 heteroatoms. The summed E-state index contributed by atoms with van der Waals surface area (Å²) in [6, 6.07) is 17.7. The molecule has 26 heavy (non-hydrogen) atoms. The molecule has 0 spiro atoms. The number of amides is 1. The zero-order valence-electron chi connectivity index (χ0n) is 14.1. The highest BCUT2D eigenvalue weighted by Crippen LogP contribution is 2.14. The smallest absolute Gasteiger partial charge is 0.328 e. The maximum absolute atomic E-state index is 12.5. The molecule has 3 rings (SSSR count). The van der Waals surface area contributed by atoms with Gasteiger partial charge in [0.05, 0.1) is 12.6 Å². The first kappa shape index (κ1) is 18.1. The van der Waals surface area contributed by atoms with Crippen molar-refractivity contribution in [2.75, 3.05) is 7.11 Å². The van der Waals surface area contributed by atoms with E-state index in [9.17, 15) is 9.59 Å². The first-order valence-corrected chi connectivity index (χ1v) is 8.85. The number of esters is 1. The number of benzene rings is 2. The Balaban J connectivity index is 1.81. The van der Waals surface area contributed by atoms with E-state index >= 15 is 0 Å². The lowest BCUT2D eigenvalue weighted by atomic mass is 10.1. The van der Waals surface area contributed by atoms with Gasteiger partial charge in [0.2, 0.25) is 0 Å². The summed E-state index contributed by atoms with van der Waals surface area (Å²) in [6.07, 6.45) is 0.247. The molecule has 0 aliphatic heterocycles. The zero-order valence-corrected chi connectivity index (χ0v) is 15.7. The van der Waals surface area contributed by atoms with Gasteiger partial charge >= 0.3 is 5.97 Å². The fourth-order valence-corrected chi connectivity index (χ4v) is 3.04. The van der Waals surface area contributed by atoms with Crippen LogP contribution in [0, 0.1) is 0 Å².